The minimum absolute atomic E-state index is 0.344. The van der Waals surface area contributed by atoms with E-state index in [0.717, 1.165) is 30.3 Å². The van der Waals surface area contributed by atoms with Gasteiger partial charge in [-0.05, 0) is 28.8 Å². The third kappa shape index (κ3) is 5.18. The second-order valence-corrected chi connectivity index (χ2v) is 4.99. The van der Waals surface area contributed by atoms with Crippen LogP contribution in [0.25, 0.3) is 0 Å². The molecule has 0 aliphatic rings. The number of aliphatic hydroxyl groups is 1. The molecule has 3 N–H and O–H groups in total. The highest BCUT2D eigenvalue weighted by molar-refractivity contribution is 9.10. The fourth-order valence-electron chi connectivity index (χ4n) is 1.46. The molecule has 0 aromatic carbocycles. The zero-order chi connectivity index (χ0) is 13.4. The van der Waals surface area contributed by atoms with E-state index in [9.17, 15) is 5.11 Å². The molecule has 0 fully saturated rings. The zero-order valence-electron chi connectivity index (χ0n) is 10.9. The maximum atomic E-state index is 9.68. The van der Waals surface area contributed by atoms with Gasteiger partial charge >= 0.3 is 0 Å². The number of nitrogens with one attached hydrogen (secondary N) is 2. The molecule has 1 rings (SSSR count). The highest BCUT2D eigenvalue weighted by Gasteiger charge is 2.07. The lowest BCUT2D eigenvalue weighted by Gasteiger charge is -2.13. The highest BCUT2D eigenvalue weighted by Crippen LogP contribution is 2.20. The molecule has 1 unspecified atom stereocenters. The Hall–Kier alpha value is -0.880. The molecular weight excluding hydrogens is 296 g/mol. The normalized spacial score (nSPS) is 12.2. The molecule has 1 atom stereocenters. The van der Waals surface area contributed by atoms with E-state index < -0.39 is 0 Å². The Labute approximate surface area is 117 Å². The number of halogens is 1. The van der Waals surface area contributed by atoms with E-state index >= 15 is 0 Å². The van der Waals surface area contributed by atoms with Crippen LogP contribution in [0.15, 0.2) is 10.7 Å². The molecule has 0 bridgehead atoms. The van der Waals surface area contributed by atoms with E-state index in [2.05, 4.69) is 50.4 Å². The smallest absolute Gasteiger partial charge is 0.224 e. The van der Waals surface area contributed by atoms with Crippen LogP contribution < -0.4 is 10.6 Å². The number of nitrogens with zero attached hydrogens (tertiary/aromatic N) is 2. The molecule has 0 aliphatic heterocycles. The van der Waals surface area contributed by atoms with Gasteiger partial charge in [-0.1, -0.05) is 20.3 Å². The quantitative estimate of drug-likeness (QED) is 0.687. The zero-order valence-corrected chi connectivity index (χ0v) is 12.5. The summed E-state index contributed by atoms with van der Waals surface area (Å²) < 4.78 is 0.799. The van der Waals surface area contributed by atoms with Crippen LogP contribution in [0, 0.1) is 0 Å². The van der Waals surface area contributed by atoms with Crippen molar-refractivity contribution in [3.63, 3.8) is 0 Å². The van der Waals surface area contributed by atoms with Crippen molar-refractivity contribution in [1.82, 2.24) is 9.97 Å². The molecule has 1 aromatic rings. The summed E-state index contributed by atoms with van der Waals surface area (Å²) in [5.41, 5.74) is 0. The van der Waals surface area contributed by atoms with Gasteiger partial charge in [0.2, 0.25) is 5.95 Å². The number of aromatic nitrogens is 2. The van der Waals surface area contributed by atoms with E-state index in [0.29, 0.717) is 18.3 Å². The molecule has 6 heteroatoms. The number of hydrogen-bond donors (Lipinski definition) is 3. The van der Waals surface area contributed by atoms with Gasteiger partial charge in [0.1, 0.15) is 5.82 Å². The summed E-state index contributed by atoms with van der Waals surface area (Å²) in [5.74, 6) is 1.31. The SMILES string of the molecule is CCCNc1ncc(Br)c(NCC(O)CCC)n1. The van der Waals surface area contributed by atoms with Gasteiger partial charge in [-0.15, -0.1) is 0 Å². The molecule has 1 aromatic heterocycles. The molecule has 0 saturated heterocycles. The fourth-order valence-corrected chi connectivity index (χ4v) is 1.79. The molecule has 102 valence electrons. The fraction of sp³-hybridized carbons (Fsp3) is 0.667. The van der Waals surface area contributed by atoms with Crippen LogP contribution in [0.4, 0.5) is 11.8 Å². The second kappa shape index (κ2) is 8.26. The number of hydrogen-bond acceptors (Lipinski definition) is 5. The van der Waals surface area contributed by atoms with Crippen LogP contribution in [0.3, 0.4) is 0 Å². The van der Waals surface area contributed by atoms with E-state index in [4.69, 9.17) is 0 Å². The minimum Gasteiger partial charge on any atom is -0.391 e. The summed E-state index contributed by atoms with van der Waals surface area (Å²) in [6.45, 7) is 5.49. The van der Waals surface area contributed by atoms with Crippen molar-refractivity contribution in [3.05, 3.63) is 10.7 Å². The van der Waals surface area contributed by atoms with E-state index in [1.54, 1.807) is 6.20 Å². The lowest BCUT2D eigenvalue weighted by Crippen LogP contribution is -2.20. The largest absolute Gasteiger partial charge is 0.391 e. The Morgan fingerprint density at radius 3 is 2.78 bits per heavy atom. The predicted octanol–water partition coefficient (Wildman–Crippen LogP) is 2.63. The molecule has 0 radical (unpaired) electrons. The molecule has 0 spiro atoms. The standard InChI is InChI=1S/C12H21BrN4O/c1-3-5-9(18)7-15-11-10(13)8-16-12(17-11)14-6-4-2/h8-9,18H,3-7H2,1-2H3,(H2,14,15,16,17). The van der Waals surface area contributed by atoms with Crippen molar-refractivity contribution in [2.24, 2.45) is 0 Å². The maximum Gasteiger partial charge on any atom is 0.224 e. The number of anilines is 2. The van der Waals surface area contributed by atoms with Gasteiger partial charge in [-0.25, -0.2) is 4.98 Å². The third-order valence-corrected chi connectivity index (χ3v) is 2.98. The summed E-state index contributed by atoms with van der Waals surface area (Å²) in [6.07, 6.45) is 4.15. The molecule has 1 heterocycles. The first-order chi connectivity index (χ1) is 8.67. The van der Waals surface area contributed by atoms with Gasteiger partial charge in [0.05, 0.1) is 10.6 Å². The maximum absolute atomic E-state index is 9.68. The van der Waals surface area contributed by atoms with Crippen molar-refractivity contribution < 1.29 is 5.11 Å². The Bertz CT molecular complexity index is 362. The van der Waals surface area contributed by atoms with E-state index in [1.807, 2.05) is 0 Å². The first kappa shape index (κ1) is 15.2. The summed E-state index contributed by atoms with van der Waals surface area (Å²) in [7, 11) is 0. The van der Waals surface area contributed by atoms with Crippen LogP contribution in [0.5, 0.6) is 0 Å². The summed E-state index contributed by atoms with van der Waals surface area (Å²) in [5, 5.41) is 15.9. The molecule has 0 aliphatic carbocycles. The summed E-state index contributed by atoms with van der Waals surface area (Å²) >= 11 is 3.39. The van der Waals surface area contributed by atoms with Crippen LogP contribution in [-0.2, 0) is 0 Å². The average molecular weight is 317 g/mol. The predicted molar refractivity (Wildman–Crippen MR) is 77.9 cm³/mol. The molecule has 18 heavy (non-hydrogen) atoms. The topological polar surface area (TPSA) is 70.1 Å². The van der Waals surface area contributed by atoms with Crippen LogP contribution >= 0.6 is 15.9 Å². The number of rotatable bonds is 8. The van der Waals surface area contributed by atoms with Gasteiger partial charge in [-0.2, -0.15) is 4.98 Å². The molecule has 0 saturated carbocycles. The van der Waals surface area contributed by atoms with Gasteiger partial charge < -0.3 is 15.7 Å². The van der Waals surface area contributed by atoms with Crippen molar-refractivity contribution in [2.45, 2.75) is 39.2 Å². The van der Waals surface area contributed by atoms with Crippen LogP contribution in [0.1, 0.15) is 33.1 Å². The first-order valence-corrected chi connectivity index (χ1v) is 7.15. The first-order valence-electron chi connectivity index (χ1n) is 6.35. The van der Waals surface area contributed by atoms with Gasteiger partial charge in [0.15, 0.2) is 0 Å². The van der Waals surface area contributed by atoms with Crippen LogP contribution in [-0.4, -0.2) is 34.3 Å². The Balaban J connectivity index is 2.57. The summed E-state index contributed by atoms with van der Waals surface area (Å²) in [6, 6.07) is 0. The highest BCUT2D eigenvalue weighted by atomic mass is 79.9. The van der Waals surface area contributed by atoms with Gasteiger partial charge in [0.25, 0.3) is 0 Å². The number of aliphatic hydroxyl groups excluding tert-OH is 1. The molecule has 0 amide bonds. The molecule has 5 nitrogen and oxygen atoms in total. The van der Waals surface area contributed by atoms with Gasteiger partial charge in [0, 0.05) is 19.3 Å². The minimum atomic E-state index is -0.344. The van der Waals surface area contributed by atoms with Gasteiger partial charge in [-0.3, -0.25) is 0 Å². The van der Waals surface area contributed by atoms with E-state index in [-0.39, 0.29) is 6.10 Å². The average Bonchev–Trinajstić information content (AvgIpc) is 2.36. The Morgan fingerprint density at radius 2 is 2.11 bits per heavy atom. The molecular formula is C12H21BrN4O. The van der Waals surface area contributed by atoms with Crippen molar-refractivity contribution >= 4 is 27.7 Å². The van der Waals surface area contributed by atoms with Crippen molar-refractivity contribution in [1.29, 1.82) is 0 Å². The van der Waals surface area contributed by atoms with E-state index in [1.165, 1.54) is 0 Å². The second-order valence-electron chi connectivity index (χ2n) is 4.14. The Morgan fingerprint density at radius 1 is 1.33 bits per heavy atom. The van der Waals surface area contributed by atoms with Crippen molar-refractivity contribution in [2.75, 3.05) is 23.7 Å². The van der Waals surface area contributed by atoms with Crippen LogP contribution in [0.2, 0.25) is 0 Å². The Kier molecular flexibility index (Phi) is 6.97. The van der Waals surface area contributed by atoms with Crippen molar-refractivity contribution in [3.8, 4) is 0 Å². The lowest BCUT2D eigenvalue weighted by atomic mass is 10.2. The third-order valence-electron chi connectivity index (χ3n) is 2.40. The summed E-state index contributed by atoms with van der Waals surface area (Å²) in [4.78, 5) is 8.52. The lowest BCUT2D eigenvalue weighted by molar-refractivity contribution is 0.176. The monoisotopic (exact) mass is 316 g/mol.